The summed E-state index contributed by atoms with van der Waals surface area (Å²) in [6.45, 7) is 2.91. The summed E-state index contributed by atoms with van der Waals surface area (Å²) in [6, 6.07) is 6.22. The van der Waals surface area contributed by atoms with E-state index in [-0.39, 0.29) is 0 Å². The van der Waals surface area contributed by atoms with Crippen molar-refractivity contribution in [2.24, 2.45) is 0 Å². The van der Waals surface area contributed by atoms with Crippen LogP contribution < -0.4 is 0 Å². The number of nitrogens with zero attached hydrogens (tertiary/aromatic N) is 2. The van der Waals surface area contributed by atoms with Gasteiger partial charge in [0, 0.05) is 17.6 Å². The second-order valence-electron chi connectivity index (χ2n) is 4.36. The summed E-state index contributed by atoms with van der Waals surface area (Å²) in [4.78, 5) is 9.03. The van der Waals surface area contributed by atoms with Gasteiger partial charge in [-0.1, -0.05) is 0 Å². The number of nitrogens with one attached hydrogen (secondary N) is 1. The molecule has 19 heavy (non-hydrogen) atoms. The number of aryl methyl sites for hydroxylation is 3. The number of imidazole rings is 1. The van der Waals surface area contributed by atoms with Crippen LogP contribution in [0.15, 0.2) is 28.2 Å². The SMILES string of the molecule is Cc1ccnc2c1[nH]c(=S)n2CCc1ccc(Br)s1. The number of halogens is 1. The van der Waals surface area contributed by atoms with E-state index in [1.807, 2.05) is 12.3 Å². The molecule has 6 heteroatoms. The van der Waals surface area contributed by atoms with Gasteiger partial charge < -0.3 is 9.55 Å². The maximum absolute atomic E-state index is 5.39. The molecule has 0 fully saturated rings. The van der Waals surface area contributed by atoms with E-state index in [4.69, 9.17) is 12.2 Å². The van der Waals surface area contributed by atoms with Crippen LogP contribution in [-0.4, -0.2) is 14.5 Å². The molecule has 0 spiro atoms. The van der Waals surface area contributed by atoms with Crippen molar-refractivity contribution in [3.05, 3.63) is 43.4 Å². The molecule has 0 aliphatic carbocycles. The van der Waals surface area contributed by atoms with Gasteiger partial charge in [0.15, 0.2) is 10.4 Å². The highest BCUT2D eigenvalue weighted by molar-refractivity contribution is 9.11. The number of H-pyrrole nitrogens is 1. The second-order valence-corrected chi connectivity index (χ2v) is 7.30. The third-order valence-corrected chi connectivity index (χ3v) is 5.09. The first kappa shape index (κ1) is 13.0. The van der Waals surface area contributed by atoms with Crippen LogP contribution in [0.2, 0.25) is 0 Å². The molecule has 3 rings (SSSR count). The molecule has 0 aliphatic rings. The van der Waals surface area contributed by atoms with Crippen LogP contribution in [0.1, 0.15) is 10.4 Å². The minimum Gasteiger partial charge on any atom is -0.329 e. The van der Waals surface area contributed by atoms with Gasteiger partial charge in [0.1, 0.15) is 0 Å². The number of hydrogen-bond acceptors (Lipinski definition) is 3. The molecule has 3 aromatic heterocycles. The van der Waals surface area contributed by atoms with Gasteiger partial charge >= 0.3 is 0 Å². The highest BCUT2D eigenvalue weighted by Gasteiger charge is 2.08. The summed E-state index contributed by atoms with van der Waals surface area (Å²) < 4.78 is 3.98. The molecule has 0 unspecified atom stereocenters. The Labute approximate surface area is 128 Å². The molecule has 3 nitrogen and oxygen atoms in total. The van der Waals surface area contributed by atoms with E-state index in [0.29, 0.717) is 0 Å². The number of aromatic nitrogens is 3. The predicted octanol–water partition coefficient (Wildman–Crippen LogP) is 4.47. The summed E-state index contributed by atoms with van der Waals surface area (Å²) in [5.74, 6) is 0. The van der Waals surface area contributed by atoms with Gasteiger partial charge in [-0.15, -0.1) is 11.3 Å². The van der Waals surface area contributed by atoms with Gasteiger partial charge in [0.2, 0.25) is 0 Å². The summed E-state index contributed by atoms with van der Waals surface area (Å²) in [5.41, 5.74) is 3.16. The van der Waals surface area contributed by atoms with E-state index in [1.165, 1.54) is 14.2 Å². The summed E-state index contributed by atoms with van der Waals surface area (Å²) in [5, 5.41) is 0. The normalized spacial score (nSPS) is 11.3. The Morgan fingerprint density at radius 3 is 3.00 bits per heavy atom. The van der Waals surface area contributed by atoms with Crippen LogP contribution in [0.25, 0.3) is 11.2 Å². The van der Waals surface area contributed by atoms with Gasteiger partial charge in [-0.05, 0) is 65.3 Å². The van der Waals surface area contributed by atoms with Crippen LogP contribution in [0.5, 0.6) is 0 Å². The van der Waals surface area contributed by atoms with Crippen molar-refractivity contribution < 1.29 is 0 Å². The van der Waals surface area contributed by atoms with E-state index in [2.05, 4.69) is 49.5 Å². The van der Waals surface area contributed by atoms with Crippen LogP contribution in [-0.2, 0) is 13.0 Å². The number of hydrogen-bond donors (Lipinski definition) is 1. The average molecular weight is 354 g/mol. The molecule has 98 valence electrons. The van der Waals surface area contributed by atoms with Crippen molar-refractivity contribution in [2.45, 2.75) is 19.9 Å². The Morgan fingerprint density at radius 1 is 1.42 bits per heavy atom. The Hall–Kier alpha value is -0.980. The van der Waals surface area contributed by atoms with Crippen LogP contribution >= 0.6 is 39.5 Å². The average Bonchev–Trinajstić information content (AvgIpc) is 2.92. The maximum Gasteiger partial charge on any atom is 0.179 e. The zero-order valence-electron chi connectivity index (χ0n) is 10.3. The lowest BCUT2D eigenvalue weighted by atomic mass is 10.3. The first-order valence-electron chi connectivity index (χ1n) is 5.93. The zero-order valence-corrected chi connectivity index (χ0v) is 13.5. The molecule has 1 N–H and O–H groups in total. The van der Waals surface area contributed by atoms with Crippen LogP contribution in [0.4, 0.5) is 0 Å². The minimum atomic E-state index is 0.743. The lowest BCUT2D eigenvalue weighted by Crippen LogP contribution is -2.01. The molecule has 0 bridgehead atoms. The standard InChI is InChI=1S/C13H12BrN3S2/c1-8-4-6-15-12-11(8)16-13(18)17(12)7-5-9-2-3-10(14)19-9/h2-4,6H,5,7H2,1H3,(H,16,18). The molecule has 3 heterocycles. The maximum atomic E-state index is 5.39. The van der Waals surface area contributed by atoms with Crippen LogP contribution in [0, 0.1) is 11.7 Å². The number of fused-ring (bicyclic) bond motifs is 1. The van der Waals surface area contributed by atoms with Crippen LogP contribution in [0.3, 0.4) is 0 Å². The van der Waals surface area contributed by atoms with Crippen molar-refractivity contribution in [3.8, 4) is 0 Å². The fourth-order valence-corrected chi connectivity index (χ4v) is 3.84. The quantitative estimate of drug-likeness (QED) is 0.704. The van der Waals surface area contributed by atoms with E-state index in [0.717, 1.165) is 28.9 Å². The number of aromatic amines is 1. The monoisotopic (exact) mass is 353 g/mol. The molecule has 0 amide bonds. The predicted molar refractivity (Wildman–Crippen MR) is 85.4 cm³/mol. The Kier molecular flexibility index (Phi) is 3.56. The number of rotatable bonds is 3. The third kappa shape index (κ3) is 2.52. The zero-order chi connectivity index (χ0) is 13.4. The van der Waals surface area contributed by atoms with E-state index in [1.54, 1.807) is 11.3 Å². The highest BCUT2D eigenvalue weighted by atomic mass is 79.9. The fourth-order valence-electron chi connectivity index (χ4n) is 2.09. The largest absolute Gasteiger partial charge is 0.329 e. The topological polar surface area (TPSA) is 33.6 Å². The van der Waals surface area contributed by atoms with Crippen molar-refractivity contribution in [2.75, 3.05) is 0 Å². The van der Waals surface area contributed by atoms with E-state index in [9.17, 15) is 0 Å². The molecule has 0 aromatic carbocycles. The first-order valence-corrected chi connectivity index (χ1v) is 7.95. The fraction of sp³-hybridized carbons (Fsp3) is 0.231. The van der Waals surface area contributed by atoms with Gasteiger partial charge in [-0.3, -0.25) is 0 Å². The molecular formula is C13H12BrN3S2. The van der Waals surface area contributed by atoms with Gasteiger partial charge in [-0.25, -0.2) is 4.98 Å². The molecule has 0 radical (unpaired) electrons. The third-order valence-electron chi connectivity index (χ3n) is 3.08. The van der Waals surface area contributed by atoms with Crippen molar-refractivity contribution in [1.29, 1.82) is 0 Å². The van der Waals surface area contributed by atoms with Crippen molar-refractivity contribution >= 4 is 50.6 Å². The number of pyridine rings is 1. The lowest BCUT2D eigenvalue weighted by Gasteiger charge is -2.02. The molecule has 3 aromatic rings. The Bertz CT molecular complexity index is 785. The lowest BCUT2D eigenvalue weighted by molar-refractivity contribution is 0.706. The molecule has 0 saturated heterocycles. The van der Waals surface area contributed by atoms with E-state index >= 15 is 0 Å². The summed E-state index contributed by atoms with van der Waals surface area (Å²) in [6.07, 6.45) is 2.80. The minimum absolute atomic E-state index is 0.743. The Balaban J connectivity index is 1.95. The number of thiophene rings is 1. The first-order chi connectivity index (χ1) is 9.15. The molecule has 0 saturated carbocycles. The van der Waals surface area contributed by atoms with Crippen molar-refractivity contribution in [1.82, 2.24) is 14.5 Å². The smallest absolute Gasteiger partial charge is 0.179 e. The summed E-state index contributed by atoms with van der Waals surface area (Å²) >= 11 is 10.6. The highest BCUT2D eigenvalue weighted by Crippen LogP contribution is 2.23. The molecular weight excluding hydrogens is 342 g/mol. The second kappa shape index (κ2) is 5.19. The molecule has 0 atom stereocenters. The summed E-state index contributed by atoms with van der Waals surface area (Å²) in [7, 11) is 0. The van der Waals surface area contributed by atoms with E-state index < -0.39 is 0 Å². The molecule has 0 aliphatic heterocycles. The van der Waals surface area contributed by atoms with Gasteiger partial charge in [0.25, 0.3) is 0 Å². The Morgan fingerprint density at radius 2 is 2.26 bits per heavy atom. The van der Waals surface area contributed by atoms with Gasteiger partial charge in [0.05, 0.1) is 9.30 Å². The van der Waals surface area contributed by atoms with Gasteiger partial charge in [-0.2, -0.15) is 0 Å². The van der Waals surface area contributed by atoms with Crippen molar-refractivity contribution in [3.63, 3.8) is 0 Å².